The van der Waals surface area contributed by atoms with Crippen LogP contribution in [0.1, 0.15) is 10.4 Å². The number of alkyl halides is 3. The number of carbonyl (C=O) groups is 1. The van der Waals surface area contributed by atoms with E-state index < -0.39 is 18.0 Å². The third-order valence-electron chi connectivity index (χ3n) is 2.02. The van der Waals surface area contributed by atoms with E-state index in [4.69, 9.17) is 5.73 Å². The minimum Gasteiger partial charge on any atom is -0.404 e. The molecule has 1 aromatic carbocycles. The molecule has 0 aliphatic heterocycles. The summed E-state index contributed by atoms with van der Waals surface area (Å²) in [5.74, 6) is -1.18. The average Bonchev–Trinajstić information content (AvgIpc) is 2.83. The topological polar surface area (TPSA) is 103 Å². The first-order valence-corrected chi connectivity index (χ1v) is 5.74. The van der Waals surface area contributed by atoms with Gasteiger partial charge in [-0.25, -0.2) is 0 Å². The molecule has 0 atom stereocenters. The Morgan fingerprint density at radius 2 is 2.15 bits per heavy atom. The molecule has 3 N–H and O–H groups in total. The van der Waals surface area contributed by atoms with Crippen LogP contribution in [-0.2, 0) is 0 Å². The predicted octanol–water partition coefficient (Wildman–Crippen LogP) is 1.67. The number of hydrogen-bond acceptors (Lipinski definition) is 7. The van der Waals surface area contributed by atoms with Crippen molar-refractivity contribution in [3.05, 3.63) is 23.8 Å². The first-order valence-electron chi connectivity index (χ1n) is 4.97. The summed E-state index contributed by atoms with van der Waals surface area (Å²) in [4.78, 5) is 11.7. The van der Waals surface area contributed by atoms with Gasteiger partial charge < -0.3 is 10.5 Å². The van der Waals surface area contributed by atoms with Gasteiger partial charge in [0.15, 0.2) is 5.75 Å². The standard InChI is InChI=1S/C9H6F3N5O2S/c10-9(11,12)19-6-2-1-4(3-5(6)13)7(18)14-8-15-16-17-20-8/h1-3H,13H2,(H,14,15,17,18). The summed E-state index contributed by atoms with van der Waals surface area (Å²) in [6.45, 7) is 0. The van der Waals surface area contributed by atoms with Crippen molar-refractivity contribution in [2.45, 2.75) is 6.36 Å². The van der Waals surface area contributed by atoms with E-state index in [9.17, 15) is 18.0 Å². The van der Waals surface area contributed by atoms with Crippen molar-refractivity contribution in [3.63, 3.8) is 0 Å². The molecule has 0 spiro atoms. The molecule has 0 bridgehead atoms. The van der Waals surface area contributed by atoms with Gasteiger partial charge in [0.2, 0.25) is 5.13 Å². The number of aromatic nitrogens is 3. The molecule has 0 fully saturated rings. The van der Waals surface area contributed by atoms with Crippen LogP contribution in [0.3, 0.4) is 0 Å². The molecule has 0 aliphatic rings. The molecule has 0 saturated heterocycles. The number of rotatable bonds is 3. The number of anilines is 2. The Morgan fingerprint density at radius 3 is 2.70 bits per heavy atom. The van der Waals surface area contributed by atoms with Crippen LogP contribution >= 0.6 is 11.5 Å². The zero-order chi connectivity index (χ0) is 14.8. The lowest BCUT2D eigenvalue weighted by Crippen LogP contribution is -2.18. The summed E-state index contributed by atoms with van der Waals surface area (Å²) < 4.78 is 43.3. The summed E-state index contributed by atoms with van der Waals surface area (Å²) in [5, 5.41) is 9.28. The Balaban J connectivity index is 2.14. The van der Waals surface area contributed by atoms with Crippen LogP contribution in [0.25, 0.3) is 0 Å². The second-order valence-electron chi connectivity index (χ2n) is 3.42. The lowest BCUT2D eigenvalue weighted by molar-refractivity contribution is -0.274. The first-order chi connectivity index (χ1) is 9.35. The summed E-state index contributed by atoms with van der Waals surface area (Å²) >= 11 is 0.852. The van der Waals surface area contributed by atoms with Crippen molar-refractivity contribution in [2.24, 2.45) is 0 Å². The minimum absolute atomic E-state index is 0.0484. The largest absolute Gasteiger partial charge is 0.573 e. The van der Waals surface area contributed by atoms with Gasteiger partial charge in [-0.05, 0) is 23.4 Å². The molecule has 7 nitrogen and oxygen atoms in total. The number of nitrogen functional groups attached to an aromatic ring is 1. The number of carbonyl (C=O) groups excluding carboxylic acids is 1. The molecule has 0 unspecified atom stereocenters. The SMILES string of the molecule is Nc1cc(C(=O)Nc2nnns2)ccc1OC(F)(F)F. The van der Waals surface area contributed by atoms with Crippen molar-refractivity contribution < 1.29 is 22.7 Å². The number of benzene rings is 1. The van der Waals surface area contributed by atoms with Crippen molar-refractivity contribution in [3.8, 4) is 5.75 Å². The predicted molar refractivity (Wildman–Crippen MR) is 63.2 cm³/mol. The van der Waals surface area contributed by atoms with Gasteiger partial charge in [0, 0.05) is 17.1 Å². The molecule has 11 heteroatoms. The van der Waals surface area contributed by atoms with Crippen LogP contribution in [0.2, 0.25) is 0 Å². The first kappa shape index (κ1) is 14.0. The summed E-state index contributed by atoms with van der Waals surface area (Å²) in [6.07, 6.45) is -4.85. The zero-order valence-corrected chi connectivity index (χ0v) is 10.3. The van der Waals surface area contributed by atoms with Gasteiger partial charge in [-0.15, -0.1) is 13.2 Å². The van der Waals surface area contributed by atoms with Gasteiger partial charge in [0.1, 0.15) is 0 Å². The molecular formula is C9H6F3N5O2S. The van der Waals surface area contributed by atoms with Crippen LogP contribution in [0.5, 0.6) is 5.75 Å². The van der Waals surface area contributed by atoms with Crippen LogP contribution in [0.15, 0.2) is 18.2 Å². The molecule has 1 aromatic heterocycles. The van der Waals surface area contributed by atoms with Crippen LogP contribution in [0, 0.1) is 0 Å². The highest BCUT2D eigenvalue weighted by atomic mass is 32.1. The number of ether oxygens (including phenoxy) is 1. The third-order valence-corrected chi connectivity index (χ3v) is 2.53. The number of nitrogens with zero attached hydrogens (tertiary/aromatic N) is 3. The molecule has 1 heterocycles. The number of hydrogen-bond donors (Lipinski definition) is 2. The van der Waals surface area contributed by atoms with E-state index in [-0.39, 0.29) is 16.4 Å². The molecule has 0 radical (unpaired) electrons. The number of nitrogens with one attached hydrogen (secondary N) is 1. The molecule has 1 amide bonds. The normalized spacial score (nSPS) is 11.2. The lowest BCUT2D eigenvalue weighted by atomic mass is 10.2. The minimum atomic E-state index is -4.85. The fourth-order valence-corrected chi connectivity index (χ4v) is 1.62. The second kappa shape index (κ2) is 5.28. The van der Waals surface area contributed by atoms with Gasteiger partial charge in [0.05, 0.1) is 5.69 Å². The fourth-order valence-electron chi connectivity index (χ4n) is 1.26. The van der Waals surface area contributed by atoms with Crippen molar-refractivity contribution >= 4 is 28.3 Å². The maximum Gasteiger partial charge on any atom is 0.573 e. The molecule has 2 rings (SSSR count). The zero-order valence-electron chi connectivity index (χ0n) is 9.51. The van der Waals surface area contributed by atoms with Gasteiger partial charge in [0.25, 0.3) is 5.91 Å². The van der Waals surface area contributed by atoms with E-state index in [2.05, 4.69) is 24.9 Å². The summed E-state index contributed by atoms with van der Waals surface area (Å²) in [6, 6.07) is 3.15. The van der Waals surface area contributed by atoms with Gasteiger partial charge >= 0.3 is 6.36 Å². The second-order valence-corrected chi connectivity index (χ2v) is 4.15. The van der Waals surface area contributed by atoms with Gasteiger partial charge in [-0.1, -0.05) is 9.59 Å². The van der Waals surface area contributed by atoms with Crippen molar-refractivity contribution in [1.82, 2.24) is 14.8 Å². The van der Waals surface area contributed by atoms with Crippen LogP contribution in [0.4, 0.5) is 24.0 Å². The maximum absolute atomic E-state index is 12.1. The number of halogens is 3. The Kier molecular flexibility index (Phi) is 3.70. The third kappa shape index (κ3) is 3.54. The van der Waals surface area contributed by atoms with Crippen LogP contribution < -0.4 is 15.8 Å². The Bertz CT molecular complexity index is 617. The fraction of sp³-hybridized carbons (Fsp3) is 0.111. The Morgan fingerprint density at radius 1 is 1.40 bits per heavy atom. The van der Waals surface area contributed by atoms with E-state index in [1.807, 2.05) is 0 Å². The lowest BCUT2D eigenvalue weighted by Gasteiger charge is -2.11. The molecule has 20 heavy (non-hydrogen) atoms. The Hall–Kier alpha value is -2.43. The van der Waals surface area contributed by atoms with E-state index in [1.54, 1.807) is 0 Å². The highest BCUT2D eigenvalue weighted by Gasteiger charge is 2.32. The highest BCUT2D eigenvalue weighted by molar-refractivity contribution is 7.09. The smallest absolute Gasteiger partial charge is 0.404 e. The molecule has 0 aliphatic carbocycles. The van der Waals surface area contributed by atoms with E-state index in [0.717, 1.165) is 29.7 Å². The van der Waals surface area contributed by atoms with E-state index in [0.29, 0.717) is 0 Å². The number of amides is 1. The van der Waals surface area contributed by atoms with Crippen LogP contribution in [-0.4, -0.2) is 27.1 Å². The quantitative estimate of drug-likeness (QED) is 0.836. The molecule has 2 aromatic rings. The maximum atomic E-state index is 12.1. The van der Waals surface area contributed by atoms with Crippen molar-refractivity contribution in [2.75, 3.05) is 11.1 Å². The summed E-state index contributed by atoms with van der Waals surface area (Å²) in [7, 11) is 0. The average molecular weight is 305 g/mol. The number of nitrogens with two attached hydrogens (primary N) is 1. The molecular weight excluding hydrogens is 299 g/mol. The van der Waals surface area contributed by atoms with Crippen molar-refractivity contribution in [1.29, 1.82) is 0 Å². The molecule has 106 valence electrons. The summed E-state index contributed by atoms with van der Waals surface area (Å²) in [5.41, 5.74) is 5.13. The van der Waals surface area contributed by atoms with Gasteiger partial charge in [-0.3, -0.25) is 10.1 Å². The highest BCUT2D eigenvalue weighted by Crippen LogP contribution is 2.29. The van der Waals surface area contributed by atoms with E-state index in [1.165, 1.54) is 0 Å². The molecule has 0 saturated carbocycles. The Labute approximate surface area is 113 Å². The monoisotopic (exact) mass is 305 g/mol. The van der Waals surface area contributed by atoms with Gasteiger partial charge in [-0.2, -0.15) is 0 Å². The van der Waals surface area contributed by atoms with E-state index >= 15 is 0 Å².